The smallest absolute Gasteiger partial charge is 0.0354 e. The Hall–Kier alpha value is -0.120. The lowest BCUT2D eigenvalue weighted by Gasteiger charge is -2.50. The van der Waals surface area contributed by atoms with Gasteiger partial charge in [0.05, 0.1) is 0 Å². The zero-order valence-electron chi connectivity index (χ0n) is 13.1. The van der Waals surface area contributed by atoms with E-state index in [1.807, 2.05) is 0 Å². The summed E-state index contributed by atoms with van der Waals surface area (Å²) in [5, 5.41) is 0. The highest BCUT2D eigenvalue weighted by molar-refractivity contribution is 4.98. The third-order valence-corrected chi connectivity index (χ3v) is 4.96. The first-order valence-electron chi connectivity index (χ1n) is 7.48. The third-order valence-electron chi connectivity index (χ3n) is 4.96. The zero-order valence-corrected chi connectivity index (χ0v) is 13.1. The van der Waals surface area contributed by atoms with Crippen molar-refractivity contribution in [2.24, 2.45) is 17.6 Å². The van der Waals surface area contributed by atoms with Crippen molar-refractivity contribution in [1.82, 2.24) is 9.80 Å². The van der Waals surface area contributed by atoms with Crippen LogP contribution in [0.15, 0.2) is 0 Å². The molecule has 0 saturated heterocycles. The van der Waals surface area contributed by atoms with E-state index in [0.29, 0.717) is 0 Å². The van der Waals surface area contributed by atoms with Crippen LogP contribution in [0.5, 0.6) is 0 Å². The summed E-state index contributed by atoms with van der Waals surface area (Å²) in [6, 6.07) is 0. The van der Waals surface area contributed by atoms with Crippen molar-refractivity contribution in [1.29, 1.82) is 0 Å². The average Bonchev–Trinajstić information content (AvgIpc) is 2.29. The van der Waals surface area contributed by atoms with E-state index in [2.05, 4.69) is 44.8 Å². The molecule has 1 fully saturated rings. The molecule has 1 saturated carbocycles. The molecule has 0 heterocycles. The molecule has 1 aliphatic carbocycles. The summed E-state index contributed by atoms with van der Waals surface area (Å²) >= 11 is 0. The van der Waals surface area contributed by atoms with Gasteiger partial charge in [0.1, 0.15) is 0 Å². The van der Waals surface area contributed by atoms with Gasteiger partial charge in [-0.1, -0.05) is 13.8 Å². The van der Waals surface area contributed by atoms with E-state index in [1.54, 1.807) is 0 Å². The van der Waals surface area contributed by atoms with Crippen LogP contribution < -0.4 is 5.73 Å². The summed E-state index contributed by atoms with van der Waals surface area (Å²) in [6.45, 7) is 7.90. The summed E-state index contributed by atoms with van der Waals surface area (Å²) in [7, 11) is 6.56. The van der Waals surface area contributed by atoms with Gasteiger partial charge >= 0.3 is 0 Å². The van der Waals surface area contributed by atoms with E-state index in [1.165, 1.54) is 25.7 Å². The van der Waals surface area contributed by atoms with E-state index < -0.39 is 0 Å². The van der Waals surface area contributed by atoms with Crippen LogP contribution in [0, 0.1) is 11.8 Å². The predicted molar refractivity (Wildman–Crippen MR) is 79.8 cm³/mol. The monoisotopic (exact) mass is 255 g/mol. The van der Waals surface area contributed by atoms with Crippen LogP contribution >= 0.6 is 0 Å². The van der Waals surface area contributed by atoms with Gasteiger partial charge in [0.25, 0.3) is 0 Å². The maximum Gasteiger partial charge on any atom is 0.0354 e. The Labute approximate surface area is 114 Å². The van der Waals surface area contributed by atoms with Gasteiger partial charge in [-0.15, -0.1) is 0 Å². The van der Waals surface area contributed by atoms with Crippen molar-refractivity contribution in [2.45, 2.75) is 45.1 Å². The van der Waals surface area contributed by atoms with Gasteiger partial charge < -0.3 is 10.6 Å². The third kappa shape index (κ3) is 3.69. The first-order chi connectivity index (χ1) is 8.42. The van der Waals surface area contributed by atoms with Crippen molar-refractivity contribution in [3.63, 3.8) is 0 Å². The van der Waals surface area contributed by atoms with Gasteiger partial charge in [-0.05, 0) is 71.8 Å². The molecule has 0 aliphatic heterocycles. The number of hydrogen-bond donors (Lipinski definition) is 1. The quantitative estimate of drug-likeness (QED) is 0.788. The van der Waals surface area contributed by atoms with Crippen molar-refractivity contribution in [3.8, 4) is 0 Å². The van der Waals surface area contributed by atoms with Crippen LogP contribution in [-0.4, -0.2) is 56.1 Å². The van der Waals surface area contributed by atoms with Crippen molar-refractivity contribution in [2.75, 3.05) is 40.8 Å². The number of rotatable bonds is 6. The Morgan fingerprint density at radius 3 is 2.33 bits per heavy atom. The summed E-state index contributed by atoms with van der Waals surface area (Å²) in [5.74, 6) is 1.59. The predicted octanol–water partition coefficient (Wildman–Crippen LogP) is 2.02. The molecule has 108 valence electrons. The van der Waals surface area contributed by atoms with E-state index >= 15 is 0 Å². The largest absolute Gasteiger partial charge is 0.329 e. The van der Waals surface area contributed by atoms with Crippen LogP contribution in [0.4, 0.5) is 0 Å². The molecular formula is C15H33N3. The lowest BCUT2D eigenvalue weighted by molar-refractivity contribution is 0.0167. The van der Waals surface area contributed by atoms with Gasteiger partial charge in [-0.3, -0.25) is 4.90 Å². The van der Waals surface area contributed by atoms with Crippen LogP contribution in [0.1, 0.15) is 39.5 Å². The molecule has 0 aromatic rings. The van der Waals surface area contributed by atoms with E-state index in [9.17, 15) is 0 Å². The van der Waals surface area contributed by atoms with Gasteiger partial charge in [0.2, 0.25) is 0 Å². The standard InChI is InChI=1S/C15H33N3/c1-13-7-8-15(12-16,14(2)11-13)18(5)10-6-9-17(3)4/h13-14H,6-12,16H2,1-5H3. The van der Waals surface area contributed by atoms with Crippen LogP contribution in [0.2, 0.25) is 0 Å². The molecule has 0 radical (unpaired) electrons. The lowest BCUT2D eigenvalue weighted by atomic mass is 9.69. The van der Waals surface area contributed by atoms with E-state index in [0.717, 1.165) is 31.5 Å². The second-order valence-corrected chi connectivity index (χ2v) is 6.67. The van der Waals surface area contributed by atoms with E-state index in [4.69, 9.17) is 5.73 Å². The van der Waals surface area contributed by atoms with Crippen molar-refractivity contribution >= 4 is 0 Å². The number of likely N-dealkylation sites (N-methyl/N-ethyl adjacent to an activating group) is 1. The summed E-state index contributed by atoms with van der Waals surface area (Å²) < 4.78 is 0. The summed E-state index contributed by atoms with van der Waals surface area (Å²) in [4.78, 5) is 4.81. The van der Waals surface area contributed by atoms with E-state index in [-0.39, 0.29) is 5.54 Å². The SMILES string of the molecule is CC1CCC(CN)(N(C)CCCN(C)C)C(C)C1. The maximum absolute atomic E-state index is 6.15. The van der Waals surface area contributed by atoms with Gasteiger partial charge in [0, 0.05) is 12.1 Å². The Morgan fingerprint density at radius 2 is 1.83 bits per heavy atom. The highest BCUT2D eigenvalue weighted by Gasteiger charge is 2.41. The second-order valence-electron chi connectivity index (χ2n) is 6.67. The molecule has 0 aromatic carbocycles. The summed E-state index contributed by atoms with van der Waals surface area (Å²) in [6.07, 6.45) is 5.16. The minimum atomic E-state index is 0.249. The molecule has 2 N–H and O–H groups in total. The fourth-order valence-corrected chi connectivity index (χ4v) is 3.56. The minimum Gasteiger partial charge on any atom is -0.329 e. The summed E-state index contributed by atoms with van der Waals surface area (Å²) in [5.41, 5.74) is 6.40. The Kier molecular flexibility index (Phi) is 6.09. The van der Waals surface area contributed by atoms with Gasteiger partial charge in [0.15, 0.2) is 0 Å². The topological polar surface area (TPSA) is 32.5 Å². The normalized spacial score (nSPS) is 33.3. The lowest BCUT2D eigenvalue weighted by Crippen LogP contribution is -2.58. The molecule has 0 bridgehead atoms. The number of nitrogens with zero attached hydrogens (tertiary/aromatic N) is 2. The number of nitrogens with two attached hydrogens (primary N) is 1. The van der Waals surface area contributed by atoms with Crippen molar-refractivity contribution in [3.05, 3.63) is 0 Å². The molecule has 0 aromatic heterocycles. The minimum absolute atomic E-state index is 0.249. The molecule has 3 atom stereocenters. The van der Waals surface area contributed by atoms with Gasteiger partial charge in [-0.25, -0.2) is 0 Å². The highest BCUT2D eigenvalue weighted by Crippen LogP contribution is 2.39. The molecule has 0 amide bonds. The zero-order chi connectivity index (χ0) is 13.8. The van der Waals surface area contributed by atoms with Crippen molar-refractivity contribution < 1.29 is 0 Å². The fraction of sp³-hybridized carbons (Fsp3) is 1.00. The average molecular weight is 255 g/mol. The Morgan fingerprint density at radius 1 is 1.17 bits per heavy atom. The maximum atomic E-state index is 6.15. The second kappa shape index (κ2) is 6.88. The van der Waals surface area contributed by atoms with Crippen LogP contribution in [-0.2, 0) is 0 Å². The molecule has 3 nitrogen and oxygen atoms in total. The molecule has 0 spiro atoms. The molecule has 1 rings (SSSR count). The molecule has 18 heavy (non-hydrogen) atoms. The molecular weight excluding hydrogens is 222 g/mol. The Bertz CT molecular complexity index is 242. The first kappa shape index (κ1) is 15.9. The van der Waals surface area contributed by atoms with Crippen LogP contribution in [0.25, 0.3) is 0 Å². The highest BCUT2D eigenvalue weighted by atomic mass is 15.2. The first-order valence-corrected chi connectivity index (χ1v) is 7.48. The Balaban J connectivity index is 2.57. The fourth-order valence-electron chi connectivity index (χ4n) is 3.56. The van der Waals surface area contributed by atoms with Crippen LogP contribution in [0.3, 0.4) is 0 Å². The molecule has 3 unspecified atom stereocenters. The van der Waals surface area contributed by atoms with Gasteiger partial charge in [-0.2, -0.15) is 0 Å². The number of hydrogen-bond acceptors (Lipinski definition) is 3. The molecule has 1 aliphatic rings. The molecule has 3 heteroatoms.